The van der Waals surface area contributed by atoms with Crippen molar-refractivity contribution in [2.45, 2.75) is 79.7 Å². The second-order valence-corrected chi connectivity index (χ2v) is 11.5. The number of alkyl carbamates (subject to hydrolysis) is 1. The predicted octanol–water partition coefficient (Wildman–Crippen LogP) is 6.59. The fraction of sp³-hybridized carbons (Fsp3) is 0.368. The van der Waals surface area contributed by atoms with Gasteiger partial charge in [-0.3, -0.25) is 14.4 Å². The average molecular weight is 644 g/mol. The van der Waals surface area contributed by atoms with E-state index in [4.69, 9.17) is 9.47 Å². The van der Waals surface area contributed by atoms with E-state index < -0.39 is 35.6 Å². The van der Waals surface area contributed by atoms with Gasteiger partial charge in [-0.2, -0.15) is 0 Å². The van der Waals surface area contributed by atoms with Gasteiger partial charge in [0.1, 0.15) is 12.2 Å². The highest BCUT2D eigenvalue weighted by Crippen LogP contribution is 2.30. The van der Waals surface area contributed by atoms with E-state index in [1.807, 2.05) is 91.1 Å². The predicted molar refractivity (Wildman–Crippen MR) is 186 cm³/mol. The number of hydrogen-bond acceptors (Lipinski definition) is 6. The number of hydrogen-bond donors (Lipinski definition) is 3. The highest BCUT2D eigenvalue weighted by molar-refractivity contribution is 5.98. The summed E-state index contributed by atoms with van der Waals surface area (Å²) in [5, 5.41) is 6.48. The Morgan fingerprint density at radius 1 is 0.851 bits per heavy atom. The standard InChI is InChI=1S/C35H37N3O6.3CH4/c1-23(37-34(42)43-21-25-13-7-4-8-14-25)31(39)19-26(18-27-20-36-29-16-10-9-15-28(27)29)33(41)38-30(32(40)35(2)22-44-35)17-24-11-5-3-6-12-24;;;/h3-16,20,23,26,30,36H,17-19,21-22H2,1-2H3,(H,37,42)(H,38,41);3*1H4/t23-,26+,30-,35?;;;/m0.../s1. The molecule has 9 heteroatoms. The molecule has 252 valence electrons. The molecule has 1 saturated heterocycles. The summed E-state index contributed by atoms with van der Waals surface area (Å²) in [6.07, 6.45) is 1.52. The number of fused-ring (bicyclic) bond motifs is 1. The molecule has 5 rings (SSSR count). The second kappa shape index (κ2) is 17.2. The van der Waals surface area contributed by atoms with Gasteiger partial charge < -0.3 is 25.1 Å². The number of rotatable bonds is 14. The summed E-state index contributed by atoms with van der Waals surface area (Å²) in [7, 11) is 0. The number of H-pyrrole nitrogens is 1. The Morgan fingerprint density at radius 2 is 1.45 bits per heavy atom. The minimum atomic E-state index is -0.937. The fourth-order valence-electron chi connectivity index (χ4n) is 5.23. The summed E-state index contributed by atoms with van der Waals surface area (Å²) in [6, 6.07) is 24.7. The quantitative estimate of drug-likeness (QED) is 0.133. The number of ketones is 2. The maximum absolute atomic E-state index is 13.9. The third-order valence-electron chi connectivity index (χ3n) is 8.00. The molecule has 4 aromatic rings. The van der Waals surface area contributed by atoms with E-state index >= 15 is 0 Å². The maximum Gasteiger partial charge on any atom is 0.408 e. The molecule has 1 aliphatic rings. The number of carbonyl (C=O) groups excluding carboxylic acids is 4. The molecule has 0 spiro atoms. The van der Waals surface area contributed by atoms with Crippen LogP contribution < -0.4 is 10.6 Å². The van der Waals surface area contributed by atoms with E-state index in [0.29, 0.717) is 13.0 Å². The molecular weight excluding hydrogens is 594 g/mol. The Hall–Kier alpha value is -4.76. The minimum absolute atomic E-state index is 0. The molecule has 0 aliphatic carbocycles. The first-order chi connectivity index (χ1) is 21.2. The van der Waals surface area contributed by atoms with Crippen molar-refractivity contribution in [3.63, 3.8) is 0 Å². The molecule has 3 aromatic carbocycles. The van der Waals surface area contributed by atoms with E-state index in [1.165, 1.54) is 0 Å². The van der Waals surface area contributed by atoms with Crippen molar-refractivity contribution in [1.82, 2.24) is 15.6 Å². The van der Waals surface area contributed by atoms with E-state index in [2.05, 4.69) is 15.6 Å². The Morgan fingerprint density at radius 3 is 2.09 bits per heavy atom. The van der Waals surface area contributed by atoms with Gasteiger partial charge in [0.15, 0.2) is 11.6 Å². The topological polar surface area (TPSA) is 130 Å². The first-order valence-electron chi connectivity index (χ1n) is 14.8. The number of carbonyl (C=O) groups is 4. The number of benzene rings is 3. The van der Waals surface area contributed by atoms with Gasteiger partial charge in [-0.15, -0.1) is 0 Å². The zero-order valence-electron chi connectivity index (χ0n) is 24.9. The Kier molecular flexibility index (Phi) is 14.1. The van der Waals surface area contributed by atoms with Gasteiger partial charge in [-0.05, 0) is 49.4 Å². The van der Waals surface area contributed by atoms with Crippen LogP contribution in [-0.4, -0.2) is 52.8 Å². The molecule has 0 bridgehead atoms. The van der Waals surface area contributed by atoms with Gasteiger partial charge in [0.2, 0.25) is 5.91 Å². The number of epoxide rings is 1. The third-order valence-corrected chi connectivity index (χ3v) is 8.00. The van der Waals surface area contributed by atoms with Gasteiger partial charge in [0.25, 0.3) is 0 Å². The average Bonchev–Trinajstić information content (AvgIpc) is 3.67. The summed E-state index contributed by atoms with van der Waals surface area (Å²) in [6.45, 7) is 3.66. The number of aromatic nitrogens is 1. The van der Waals surface area contributed by atoms with Crippen LogP contribution in [0.15, 0.2) is 91.1 Å². The first kappa shape index (κ1) is 38.4. The molecule has 1 aliphatic heterocycles. The van der Waals surface area contributed by atoms with Gasteiger partial charge in [-0.1, -0.05) is 101 Å². The van der Waals surface area contributed by atoms with Crippen LogP contribution in [0.4, 0.5) is 4.79 Å². The summed E-state index contributed by atoms with van der Waals surface area (Å²) >= 11 is 0. The van der Waals surface area contributed by atoms with Crippen molar-refractivity contribution in [2.24, 2.45) is 5.92 Å². The molecule has 0 radical (unpaired) electrons. The van der Waals surface area contributed by atoms with Crippen molar-refractivity contribution in [1.29, 1.82) is 0 Å². The summed E-state index contributed by atoms with van der Waals surface area (Å²) in [4.78, 5) is 56.4. The lowest BCUT2D eigenvalue weighted by atomic mass is 9.89. The van der Waals surface area contributed by atoms with Gasteiger partial charge in [-0.25, -0.2) is 4.79 Å². The largest absolute Gasteiger partial charge is 0.445 e. The van der Waals surface area contributed by atoms with E-state index in [9.17, 15) is 19.2 Å². The lowest BCUT2D eigenvalue weighted by Gasteiger charge is -2.24. The summed E-state index contributed by atoms with van der Waals surface area (Å²) in [5.41, 5.74) is 2.57. The number of amides is 2. The Labute approximate surface area is 278 Å². The Bertz CT molecular complexity index is 1610. The number of nitrogens with one attached hydrogen (secondary N) is 3. The smallest absolute Gasteiger partial charge is 0.408 e. The van der Waals surface area contributed by atoms with E-state index in [0.717, 1.165) is 27.6 Å². The lowest BCUT2D eigenvalue weighted by Crippen LogP contribution is -2.50. The van der Waals surface area contributed by atoms with Gasteiger partial charge >= 0.3 is 6.09 Å². The van der Waals surface area contributed by atoms with Crippen LogP contribution in [0.1, 0.15) is 59.2 Å². The molecule has 4 atom stereocenters. The fourth-order valence-corrected chi connectivity index (χ4v) is 5.23. The first-order valence-corrected chi connectivity index (χ1v) is 14.8. The van der Waals surface area contributed by atoms with Crippen LogP contribution in [0.5, 0.6) is 0 Å². The molecule has 2 heterocycles. The second-order valence-electron chi connectivity index (χ2n) is 11.5. The monoisotopic (exact) mass is 643 g/mol. The van der Waals surface area contributed by atoms with Crippen molar-refractivity contribution < 1.29 is 28.7 Å². The lowest BCUT2D eigenvalue weighted by molar-refractivity contribution is -0.134. The molecule has 1 unspecified atom stereocenters. The molecular formula is C38H49N3O6. The SMILES string of the molecule is C.C.C.C[C@H](NC(=O)OCc1ccccc1)C(=O)C[C@@H](Cc1c[nH]c2ccccc12)C(=O)N[C@@H](Cc1ccccc1)C(=O)C1(C)CO1. The van der Waals surface area contributed by atoms with Crippen molar-refractivity contribution in [2.75, 3.05) is 6.61 Å². The van der Waals surface area contributed by atoms with Crippen LogP contribution in [0.2, 0.25) is 0 Å². The number of para-hydroxylation sites is 1. The number of ether oxygens (including phenoxy) is 2. The van der Waals surface area contributed by atoms with Crippen LogP contribution >= 0.6 is 0 Å². The van der Waals surface area contributed by atoms with Crippen molar-refractivity contribution in [3.8, 4) is 0 Å². The van der Waals surface area contributed by atoms with Crippen LogP contribution in [-0.2, 0) is 43.3 Å². The molecule has 2 amide bonds. The molecule has 3 N–H and O–H groups in total. The van der Waals surface area contributed by atoms with Crippen LogP contribution in [0.3, 0.4) is 0 Å². The molecule has 9 nitrogen and oxygen atoms in total. The highest BCUT2D eigenvalue weighted by Gasteiger charge is 2.50. The molecule has 0 saturated carbocycles. The minimum Gasteiger partial charge on any atom is -0.445 e. The number of Topliss-reactive ketones (excluding diaryl/α,β-unsaturated/α-hetero) is 2. The summed E-state index contributed by atoms with van der Waals surface area (Å²) < 4.78 is 10.7. The molecule has 1 fully saturated rings. The van der Waals surface area contributed by atoms with Gasteiger partial charge in [0, 0.05) is 29.4 Å². The Balaban J connectivity index is 0.00000256. The van der Waals surface area contributed by atoms with Gasteiger partial charge in [0.05, 0.1) is 18.7 Å². The maximum atomic E-state index is 13.9. The van der Waals surface area contributed by atoms with Crippen molar-refractivity contribution >= 4 is 34.5 Å². The van der Waals surface area contributed by atoms with E-state index in [1.54, 1.807) is 13.8 Å². The van der Waals surface area contributed by atoms with E-state index in [-0.39, 0.29) is 53.3 Å². The number of aromatic amines is 1. The van der Waals surface area contributed by atoms with Crippen molar-refractivity contribution in [3.05, 3.63) is 108 Å². The zero-order valence-corrected chi connectivity index (χ0v) is 24.9. The summed E-state index contributed by atoms with van der Waals surface area (Å²) in [5.74, 6) is -1.75. The normalized spacial score (nSPS) is 16.6. The van der Waals surface area contributed by atoms with Crippen LogP contribution in [0.25, 0.3) is 10.9 Å². The van der Waals surface area contributed by atoms with Crippen LogP contribution in [0, 0.1) is 5.92 Å². The zero-order chi connectivity index (χ0) is 31.1. The molecule has 47 heavy (non-hydrogen) atoms. The highest BCUT2D eigenvalue weighted by atomic mass is 16.6. The molecule has 1 aromatic heterocycles. The third kappa shape index (κ3) is 10.1.